The summed E-state index contributed by atoms with van der Waals surface area (Å²) in [5.41, 5.74) is 0.390. The lowest BCUT2D eigenvalue weighted by molar-refractivity contribution is -0.383. The summed E-state index contributed by atoms with van der Waals surface area (Å²) >= 11 is 5.92. The van der Waals surface area contributed by atoms with Crippen molar-refractivity contribution >= 4 is 23.0 Å². The van der Waals surface area contributed by atoms with Gasteiger partial charge in [0.2, 0.25) is 0 Å². The third-order valence-electron chi connectivity index (χ3n) is 2.27. The number of ether oxygens (including phenoxy) is 1. The van der Waals surface area contributed by atoms with E-state index in [1.54, 1.807) is 19.2 Å². The molecule has 0 fully saturated rings. The lowest BCUT2D eigenvalue weighted by atomic mass is 10.2. The molecule has 0 aliphatic carbocycles. The zero-order chi connectivity index (χ0) is 12.7. The molecule has 0 aromatic heterocycles. The van der Waals surface area contributed by atoms with Crippen LogP contribution in [-0.4, -0.2) is 25.2 Å². The maximum absolute atomic E-state index is 10.8. The predicted molar refractivity (Wildman–Crippen MR) is 67.7 cm³/mol. The second-order valence-corrected chi connectivity index (χ2v) is 3.92. The van der Waals surface area contributed by atoms with E-state index in [4.69, 9.17) is 16.3 Å². The summed E-state index contributed by atoms with van der Waals surface area (Å²) in [5, 5.41) is 14.2. The molecular weight excluding hydrogens is 244 g/mol. The van der Waals surface area contributed by atoms with Crippen LogP contribution < -0.4 is 5.32 Å². The fourth-order valence-electron chi connectivity index (χ4n) is 1.42. The van der Waals surface area contributed by atoms with Crippen molar-refractivity contribution in [2.75, 3.05) is 25.6 Å². The van der Waals surface area contributed by atoms with E-state index in [9.17, 15) is 10.1 Å². The summed E-state index contributed by atoms with van der Waals surface area (Å²) < 4.78 is 4.92. The van der Waals surface area contributed by atoms with Crippen LogP contribution >= 0.6 is 11.6 Å². The van der Waals surface area contributed by atoms with Crippen LogP contribution in [0.4, 0.5) is 11.4 Å². The second-order valence-electron chi connectivity index (χ2n) is 3.52. The van der Waals surface area contributed by atoms with Crippen molar-refractivity contribution in [3.63, 3.8) is 0 Å². The Morgan fingerprint density at radius 1 is 1.47 bits per heavy atom. The first kappa shape index (κ1) is 13.7. The molecule has 6 heteroatoms. The van der Waals surface area contributed by atoms with Gasteiger partial charge in [0.25, 0.3) is 5.69 Å². The third kappa shape index (κ3) is 4.20. The quantitative estimate of drug-likeness (QED) is 0.464. The molecule has 0 unspecified atom stereocenters. The summed E-state index contributed by atoms with van der Waals surface area (Å²) in [5.74, 6) is 0. The van der Waals surface area contributed by atoms with E-state index in [2.05, 4.69) is 5.32 Å². The summed E-state index contributed by atoms with van der Waals surface area (Å²) in [6.07, 6.45) is 1.78. The molecule has 1 N–H and O–H groups in total. The number of hydrogen-bond donors (Lipinski definition) is 1. The van der Waals surface area contributed by atoms with Crippen molar-refractivity contribution in [2.45, 2.75) is 12.8 Å². The molecule has 0 saturated carbocycles. The average molecular weight is 259 g/mol. The Morgan fingerprint density at radius 3 is 2.88 bits per heavy atom. The van der Waals surface area contributed by atoms with Crippen LogP contribution in [0.2, 0.25) is 5.02 Å². The summed E-state index contributed by atoms with van der Waals surface area (Å²) in [4.78, 5) is 10.4. The zero-order valence-corrected chi connectivity index (χ0v) is 10.4. The molecule has 0 amide bonds. The molecule has 1 aromatic carbocycles. The molecule has 5 nitrogen and oxygen atoms in total. The molecule has 0 radical (unpaired) electrons. The van der Waals surface area contributed by atoms with E-state index in [1.807, 2.05) is 0 Å². The van der Waals surface area contributed by atoms with E-state index >= 15 is 0 Å². The van der Waals surface area contributed by atoms with Gasteiger partial charge in [0, 0.05) is 26.3 Å². The van der Waals surface area contributed by atoms with E-state index in [-0.39, 0.29) is 5.69 Å². The zero-order valence-electron chi connectivity index (χ0n) is 9.61. The Labute approximate surface area is 105 Å². The number of methoxy groups -OCH3 is 1. The summed E-state index contributed by atoms with van der Waals surface area (Å²) in [7, 11) is 1.65. The SMILES string of the molecule is COCCCCNc1c(Cl)cccc1[N+](=O)[O-]. The van der Waals surface area contributed by atoms with Gasteiger partial charge in [-0.1, -0.05) is 17.7 Å². The van der Waals surface area contributed by atoms with E-state index in [1.165, 1.54) is 6.07 Å². The largest absolute Gasteiger partial charge is 0.385 e. The molecule has 17 heavy (non-hydrogen) atoms. The molecule has 0 aliphatic rings. The van der Waals surface area contributed by atoms with Crippen molar-refractivity contribution in [3.05, 3.63) is 33.3 Å². The van der Waals surface area contributed by atoms with Gasteiger partial charge in [0.15, 0.2) is 0 Å². The van der Waals surface area contributed by atoms with Crippen LogP contribution in [-0.2, 0) is 4.74 Å². The monoisotopic (exact) mass is 258 g/mol. The molecule has 0 saturated heterocycles. The van der Waals surface area contributed by atoms with Crippen LogP contribution in [0.15, 0.2) is 18.2 Å². The number of halogens is 1. The van der Waals surface area contributed by atoms with E-state index in [0.29, 0.717) is 23.9 Å². The highest BCUT2D eigenvalue weighted by molar-refractivity contribution is 6.33. The van der Waals surface area contributed by atoms with Crippen molar-refractivity contribution in [1.29, 1.82) is 0 Å². The molecule has 1 aromatic rings. The highest BCUT2D eigenvalue weighted by Crippen LogP contribution is 2.31. The smallest absolute Gasteiger partial charge is 0.293 e. The Bertz CT molecular complexity index is 385. The van der Waals surface area contributed by atoms with Gasteiger partial charge >= 0.3 is 0 Å². The van der Waals surface area contributed by atoms with Crippen LogP contribution in [0.1, 0.15) is 12.8 Å². The number of anilines is 1. The number of nitrogens with zero attached hydrogens (tertiary/aromatic N) is 1. The number of hydrogen-bond acceptors (Lipinski definition) is 4. The van der Waals surface area contributed by atoms with Crippen molar-refractivity contribution in [1.82, 2.24) is 0 Å². The Hall–Kier alpha value is -1.33. The lowest BCUT2D eigenvalue weighted by Crippen LogP contribution is -2.05. The highest BCUT2D eigenvalue weighted by atomic mass is 35.5. The highest BCUT2D eigenvalue weighted by Gasteiger charge is 2.15. The first-order valence-electron chi connectivity index (χ1n) is 5.32. The minimum Gasteiger partial charge on any atom is -0.385 e. The van der Waals surface area contributed by atoms with Crippen LogP contribution in [0.3, 0.4) is 0 Å². The molecule has 0 heterocycles. The molecule has 94 valence electrons. The standard InChI is InChI=1S/C11H15ClN2O3/c1-17-8-3-2-7-13-11-9(12)5-4-6-10(11)14(15)16/h4-6,13H,2-3,7-8H2,1H3. The van der Waals surface area contributed by atoms with Crippen LogP contribution in [0.25, 0.3) is 0 Å². The number of benzene rings is 1. The Balaban J connectivity index is 2.60. The van der Waals surface area contributed by atoms with Gasteiger partial charge in [-0.3, -0.25) is 10.1 Å². The van der Waals surface area contributed by atoms with Gasteiger partial charge in [-0.05, 0) is 18.9 Å². The maximum Gasteiger partial charge on any atom is 0.293 e. The van der Waals surface area contributed by atoms with Gasteiger partial charge in [-0.15, -0.1) is 0 Å². The number of unbranched alkanes of at least 4 members (excludes halogenated alkanes) is 1. The van der Waals surface area contributed by atoms with Gasteiger partial charge < -0.3 is 10.1 Å². The molecule has 1 rings (SSSR count). The second kappa shape index (κ2) is 7.09. The first-order valence-corrected chi connectivity index (χ1v) is 5.70. The molecule has 0 atom stereocenters. The predicted octanol–water partition coefficient (Wildman–Crippen LogP) is 3.09. The third-order valence-corrected chi connectivity index (χ3v) is 2.58. The summed E-state index contributed by atoms with van der Waals surface area (Å²) in [6.45, 7) is 1.32. The molecule has 0 bridgehead atoms. The Morgan fingerprint density at radius 2 is 2.24 bits per heavy atom. The number of rotatable bonds is 7. The van der Waals surface area contributed by atoms with Crippen LogP contribution in [0.5, 0.6) is 0 Å². The number of nitro groups is 1. The summed E-state index contributed by atoms with van der Waals surface area (Å²) in [6, 6.07) is 4.63. The van der Waals surface area contributed by atoms with Crippen LogP contribution in [0, 0.1) is 10.1 Å². The van der Waals surface area contributed by atoms with Gasteiger partial charge in [-0.25, -0.2) is 0 Å². The normalized spacial score (nSPS) is 10.2. The fraction of sp³-hybridized carbons (Fsp3) is 0.455. The van der Waals surface area contributed by atoms with Gasteiger partial charge in [0.05, 0.1) is 9.95 Å². The molecule has 0 spiro atoms. The Kier molecular flexibility index (Phi) is 5.72. The van der Waals surface area contributed by atoms with E-state index < -0.39 is 4.92 Å². The minimum absolute atomic E-state index is 0.00393. The van der Waals surface area contributed by atoms with E-state index in [0.717, 1.165) is 12.8 Å². The topological polar surface area (TPSA) is 64.4 Å². The maximum atomic E-state index is 10.8. The number of para-hydroxylation sites is 1. The van der Waals surface area contributed by atoms with Crippen molar-refractivity contribution in [3.8, 4) is 0 Å². The minimum atomic E-state index is -0.441. The fourth-order valence-corrected chi connectivity index (χ4v) is 1.66. The van der Waals surface area contributed by atoms with Crippen molar-refractivity contribution in [2.24, 2.45) is 0 Å². The van der Waals surface area contributed by atoms with Crippen molar-refractivity contribution < 1.29 is 9.66 Å². The number of nitro benzene ring substituents is 1. The number of nitrogens with one attached hydrogen (secondary N) is 1. The van der Waals surface area contributed by atoms with Gasteiger partial charge in [0.1, 0.15) is 5.69 Å². The van der Waals surface area contributed by atoms with Gasteiger partial charge in [-0.2, -0.15) is 0 Å². The first-order chi connectivity index (χ1) is 8.16. The average Bonchev–Trinajstić information content (AvgIpc) is 2.30. The molecular formula is C11H15ClN2O3. The lowest BCUT2D eigenvalue weighted by Gasteiger charge is -2.08. The molecule has 0 aliphatic heterocycles.